The van der Waals surface area contributed by atoms with Gasteiger partial charge in [-0.15, -0.1) is 0 Å². The lowest BCUT2D eigenvalue weighted by atomic mass is 10.2. The van der Waals surface area contributed by atoms with Crippen molar-refractivity contribution in [1.82, 2.24) is 0 Å². The first-order chi connectivity index (χ1) is 9.25. The quantitative estimate of drug-likeness (QED) is 0.852. The van der Waals surface area contributed by atoms with Crippen molar-refractivity contribution >= 4 is 12.0 Å². The van der Waals surface area contributed by atoms with Gasteiger partial charge in [0.2, 0.25) is 0 Å². The molecule has 2 aromatic rings. The van der Waals surface area contributed by atoms with E-state index in [2.05, 4.69) is 0 Å². The SMILES string of the molecule is O=C(OCC=Cc1ccccc1)c1cccc(O)c1. The Labute approximate surface area is 111 Å². The molecule has 0 amide bonds. The Morgan fingerprint density at radius 2 is 1.89 bits per heavy atom. The Balaban J connectivity index is 1.86. The van der Waals surface area contributed by atoms with Crippen LogP contribution in [0.15, 0.2) is 60.7 Å². The predicted octanol–water partition coefficient (Wildman–Crippen LogP) is 3.26. The van der Waals surface area contributed by atoms with E-state index < -0.39 is 5.97 Å². The van der Waals surface area contributed by atoms with Crippen LogP contribution in [0, 0.1) is 0 Å². The fraction of sp³-hybridized carbons (Fsp3) is 0.0625. The number of hydrogen-bond donors (Lipinski definition) is 1. The van der Waals surface area contributed by atoms with Gasteiger partial charge in [0.05, 0.1) is 5.56 Å². The van der Waals surface area contributed by atoms with Gasteiger partial charge in [-0.25, -0.2) is 4.79 Å². The second-order valence-electron chi connectivity index (χ2n) is 3.96. The molecule has 2 rings (SSSR count). The third kappa shape index (κ3) is 4.00. The lowest BCUT2D eigenvalue weighted by Gasteiger charge is -2.02. The van der Waals surface area contributed by atoms with Crippen LogP contribution in [-0.4, -0.2) is 17.7 Å². The number of phenolic OH excluding ortho intramolecular Hbond substituents is 1. The maximum Gasteiger partial charge on any atom is 0.338 e. The van der Waals surface area contributed by atoms with Crippen LogP contribution in [0.3, 0.4) is 0 Å². The zero-order chi connectivity index (χ0) is 13.5. The molecule has 0 aliphatic carbocycles. The summed E-state index contributed by atoms with van der Waals surface area (Å²) in [5, 5.41) is 9.26. The summed E-state index contributed by atoms with van der Waals surface area (Å²) >= 11 is 0. The van der Waals surface area contributed by atoms with Crippen LogP contribution < -0.4 is 0 Å². The van der Waals surface area contributed by atoms with E-state index in [-0.39, 0.29) is 12.4 Å². The molecular formula is C16H14O3. The summed E-state index contributed by atoms with van der Waals surface area (Å²) in [6, 6.07) is 15.8. The topological polar surface area (TPSA) is 46.5 Å². The summed E-state index contributed by atoms with van der Waals surface area (Å²) in [4.78, 5) is 11.6. The van der Waals surface area contributed by atoms with Gasteiger partial charge in [0.25, 0.3) is 0 Å². The fourth-order valence-corrected chi connectivity index (χ4v) is 1.59. The van der Waals surface area contributed by atoms with E-state index in [1.54, 1.807) is 18.2 Å². The number of rotatable bonds is 4. The molecule has 0 fully saturated rings. The number of ether oxygens (including phenoxy) is 1. The van der Waals surface area contributed by atoms with Crippen LogP contribution >= 0.6 is 0 Å². The minimum atomic E-state index is -0.450. The van der Waals surface area contributed by atoms with Gasteiger partial charge in [0.15, 0.2) is 0 Å². The van der Waals surface area contributed by atoms with Crippen LogP contribution in [0.25, 0.3) is 6.08 Å². The summed E-state index contributed by atoms with van der Waals surface area (Å²) in [6.45, 7) is 0.198. The van der Waals surface area contributed by atoms with Gasteiger partial charge in [0, 0.05) is 0 Å². The van der Waals surface area contributed by atoms with Crippen LogP contribution in [-0.2, 0) is 4.74 Å². The summed E-state index contributed by atoms with van der Waals surface area (Å²) in [5.41, 5.74) is 1.39. The van der Waals surface area contributed by atoms with Crippen molar-refractivity contribution in [2.75, 3.05) is 6.61 Å². The molecule has 0 atom stereocenters. The van der Waals surface area contributed by atoms with Gasteiger partial charge in [-0.2, -0.15) is 0 Å². The summed E-state index contributed by atoms with van der Waals surface area (Å²) < 4.78 is 5.07. The summed E-state index contributed by atoms with van der Waals surface area (Å²) in [6.07, 6.45) is 3.66. The van der Waals surface area contributed by atoms with Gasteiger partial charge < -0.3 is 9.84 Å². The summed E-state index contributed by atoms with van der Waals surface area (Å²) in [7, 11) is 0. The largest absolute Gasteiger partial charge is 0.508 e. The van der Waals surface area contributed by atoms with E-state index >= 15 is 0 Å². The molecule has 0 aliphatic heterocycles. The first-order valence-electron chi connectivity index (χ1n) is 5.93. The lowest BCUT2D eigenvalue weighted by Crippen LogP contribution is -2.04. The van der Waals surface area contributed by atoms with Gasteiger partial charge in [0.1, 0.15) is 12.4 Å². The van der Waals surface area contributed by atoms with E-state index in [0.29, 0.717) is 5.56 Å². The van der Waals surface area contributed by atoms with Crippen LogP contribution in [0.4, 0.5) is 0 Å². The molecule has 0 unspecified atom stereocenters. The first-order valence-corrected chi connectivity index (χ1v) is 5.93. The molecular weight excluding hydrogens is 240 g/mol. The van der Waals surface area contributed by atoms with E-state index in [0.717, 1.165) is 5.56 Å². The van der Waals surface area contributed by atoms with Crippen molar-refractivity contribution in [2.45, 2.75) is 0 Å². The first kappa shape index (κ1) is 12.9. The maximum absolute atomic E-state index is 11.6. The standard InChI is InChI=1S/C16H14O3/c17-15-10-4-9-14(12-15)16(18)19-11-5-8-13-6-2-1-3-7-13/h1-10,12,17H,11H2. The van der Waals surface area contributed by atoms with Crippen molar-refractivity contribution in [1.29, 1.82) is 0 Å². The highest BCUT2D eigenvalue weighted by molar-refractivity contribution is 5.89. The van der Waals surface area contributed by atoms with E-state index in [9.17, 15) is 9.90 Å². The molecule has 2 aromatic carbocycles. The van der Waals surface area contributed by atoms with Crippen molar-refractivity contribution in [3.8, 4) is 5.75 Å². The molecule has 0 radical (unpaired) electrons. The average molecular weight is 254 g/mol. The molecule has 3 nitrogen and oxygen atoms in total. The number of esters is 1. The average Bonchev–Trinajstić information content (AvgIpc) is 2.44. The number of phenols is 1. The van der Waals surface area contributed by atoms with Crippen molar-refractivity contribution in [3.05, 3.63) is 71.8 Å². The van der Waals surface area contributed by atoms with E-state index in [1.165, 1.54) is 12.1 Å². The second kappa shape index (κ2) is 6.40. The number of carbonyl (C=O) groups excluding carboxylic acids is 1. The molecule has 96 valence electrons. The third-order valence-corrected chi connectivity index (χ3v) is 2.50. The van der Waals surface area contributed by atoms with E-state index in [1.807, 2.05) is 36.4 Å². The molecule has 1 N–H and O–H groups in total. The number of hydrogen-bond acceptors (Lipinski definition) is 3. The number of aromatic hydroxyl groups is 1. The third-order valence-electron chi connectivity index (χ3n) is 2.50. The minimum absolute atomic E-state index is 0.0503. The monoisotopic (exact) mass is 254 g/mol. The Morgan fingerprint density at radius 3 is 2.63 bits per heavy atom. The van der Waals surface area contributed by atoms with Crippen molar-refractivity contribution in [2.24, 2.45) is 0 Å². The molecule has 0 heterocycles. The second-order valence-corrected chi connectivity index (χ2v) is 3.96. The lowest BCUT2D eigenvalue weighted by molar-refractivity contribution is 0.0549. The van der Waals surface area contributed by atoms with Crippen LogP contribution in [0.1, 0.15) is 15.9 Å². The number of benzene rings is 2. The Kier molecular flexibility index (Phi) is 4.34. The highest BCUT2D eigenvalue weighted by Crippen LogP contribution is 2.11. The van der Waals surface area contributed by atoms with Crippen molar-refractivity contribution < 1.29 is 14.6 Å². The zero-order valence-corrected chi connectivity index (χ0v) is 10.3. The molecule has 0 bridgehead atoms. The highest BCUT2D eigenvalue weighted by Gasteiger charge is 2.05. The molecule has 0 aliphatic rings. The highest BCUT2D eigenvalue weighted by atomic mass is 16.5. The van der Waals surface area contributed by atoms with Crippen molar-refractivity contribution in [3.63, 3.8) is 0 Å². The Bertz CT molecular complexity index is 574. The normalized spacial score (nSPS) is 10.5. The maximum atomic E-state index is 11.6. The van der Waals surface area contributed by atoms with Gasteiger partial charge in [-0.3, -0.25) is 0 Å². The molecule has 0 saturated carbocycles. The van der Waals surface area contributed by atoms with Crippen LogP contribution in [0.5, 0.6) is 5.75 Å². The van der Waals surface area contributed by atoms with Gasteiger partial charge >= 0.3 is 5.97 Å². The Hall–Kier alpha value is -2.55. The fourth-order valence-electron chi connectivity index (χ4n) is 1.59. The Morgan fingerprint density at radius 1 is 1.11 bits per heavy atom. The van der Waals surface area contributed by atoms with Crippen LogP contribution in [0.2, 0.25) is 0 Å². The summed E-state index contributed by atoms with van der Waals surface area (Å²) in [5.74, 6) is -0.400. The smallest absolute Gasteiger partial charge is 0.338 e. The molecule has 0 saturated heterocycles. The number of carbonyl (C=O) groups is 1. The molecule has 3 heteroatoms. The minimum Gasteiger partial charge on any atom is -0.508 e. The predicted molar refractivity (Wildman–Crippen MR) is 73.9 cm³/mol. The molecule has 0 spiro atoms. The molecule has 19 heavy (non-hydrogen) atoms. The van der Waals surface area contributed by atoms with Gasteiger partial charge in [-0.05, 0) is 29.8 Å². The zero-order valence-electron chi connectivity index (χ0n) is 10.3. The van der Waals surface area contributed by atoms with E-state index in [4.69, 9.17) is 4.74 Å². The van der Waals surface area contributed by atoms with Gasteiger partial charge in [-0.1, -0.05) is 42.5 Å². The molecule has 0 aromatic heterocycles.